The Hall–Kier alpha value is -2.46. The van der Waals surface area contributed by atoms with Crippen LogP contribution in [0.2, 0.25) is 0 Å². The highest BCUT2D eigenvalue weighted by atomic mass is 35.5. The first-order valence-corrected chi connectivity index (χ1v) is 8.94. The van der Waals surface area contributed by atoms with E-state index in [4.69, 9.17) is 34.8 Å². The van der Waals surface area contributed by atoms with Crippen LogP contribution in [0.4, 0.5) is 0 Å². The molecule has 0 saturated heterocycles. The third-order valence-electron chi connectivity index (χ3n) is 4.05. The third-order valence-corrected chi connectivity index (χ3v) is 4.71. The summed E-state index contributed by atoms with van der Waals surface area (Å²) in [5.41, 5.74) is 4.19. The largest absolute Gasteiger partial charge is 0.276 e. The average molecular weight is 418 g/mol. The molecule has 27 heavy (non-hydrogen) atoms. The predicted octanol–water partition coefficient (Wildman–Crippen LogP) is 6.16. The van der Waals surface area contributed by atoms with Crippen LogP contribution in [-0.2, 0) is 0 Å². The summed E-state index contributed by atoms with van der Waals surface area (Å²) in [4.78, 5) is 34.2. The monoisotopic (exact) mass is 416 g/mol. The fourth-order valence-electron chi connectivity index (χ4n) is 2.66. The first-order valence-electron chi connectivity index (χ1n) is 7.80. The van der Waals surface area contributed by atoms with Gasteiger partial charge >= 0.3 is 0 Å². The molecule has 0 N–H and O–H groups in total. The molecule has 6 heteroatoms. The highest BCUT2D eigenvalue weighted by Gasteiger charge is 2.11. The molecule has 0 radical (unpaired) electrons. The van der Waals surface area contributed by atoms with E-state index in [1.165, 1.54) is 0 Å². The van der Waals surface area contributed by atoms with Gasteiger partial charge in [-0.05, 0) is 99.5 Å². The number of hydrogen-bond acceptors (Lipinski definition) is 3. The van der Waals surface area contributed by atoms with Crippen LogP contribution in [0.3, 0.4) is 0 Å². The van der Waals surface area contributed by atoms with Crippen LogP contribution in [0, 0.1) is 0 Å². The van der Waals surface area contributed by atoms with Crippen molar-refractivity contribution in [3.05, 3.63) is 83.4 Å². The number of carbonyl (C=O) groups is 3. The lowest BCUT2D eigenvalue weighted by molar-refractivity contribution is 0.107. The summed E-state index contributed by atoms with van der Waals surface area (Å²) >= 11 is 16.6. The van der Waals surface area contributed by atoms with E-state index in [-0.39, 0.29) is 0 Å². The first kappa shape index (κ1) is 19.3. The number of carbonyl (C=O) groups excluding carboxylic acids is 3. The van der Waals surface area contributed by atoms with Crippen LogP contribution in [0.1, 0.15) is 31.1 Å². The van der Waals surface area contributed by atoms with E-state index >= 15 is 0 Å². The van der Waals surface area contributed by atoms with Crippen molar-refractivity contribution in [2.75, 3.05) is 0 Å². The summed E-state index contributed by atoms with van der Waals surface area (Å²) in [6, 6.07) is 18.7. The molecule has 3 nitrogen and oxygen atoms in total. The van der Waals surface area contributed by atoms with Crippen molar-refractivity contribution < 1.29 is 14.4 Å². The molecule has 0 aromatic heterocycles. The lowest BCUT2D eigenvalue weighted by Gasteiger charge is -2.09. The van der Waals surface area contributed by atoms with Gasteiger partial charge in [0.1, 0.15) is 0 Å². The molecular weight excluding hydrogens is 407 g/mol. The Bertz CT molecular complexity index is 964. The van der Waals surface area contributed by atoms with Gasteiger partial charge in [-0.3, -0.25) is 14.4 Å². The SMILES string of the molecule is O=C(Cl)c1ccc(-c2cc(C(=O)Cl)cc(-c3ccc(C(=O)Cl)cc3)c2)cc1. The number of rotatable bonds is 5. The van der Waals surface area contributed by atoms with Crippen LogP contribution in [0.15, 0.2) is 66.7 Å². The van der Waals surface area contributed by atoms with Gasteiger partial charge in [0, 0.05) is 16.7 Å². The van der Waals surface area contributed by atoms with Crippen molar-refractivity contribution in [2.45, 2.75) is 0 Å². The minimum absolute atomic E-state index is 0.333. The van der Waals surface area contributed by atoms with Crippen LogP contribution in [0.25, 0.3) is 22.3 Å². The van der Waals surface area contributed by atoms with Gasteiger partial charge in [0.05, 0.1) is 0 Å². The Balaban J connectivity index is 2.08. The molecule has 0 aliphatic carbocycles. The van der Waals surface area contributed by atoms with Gasteiger partial charge in [0.2, 0.25) is 0 Å². The van der Waals surface area contributed by atoms with Crippen molar-refractivity contribution in [1.82, 2.24) is 0 Å². The highest BCUT2D eigenvalue weighted by Crippen LogP contribution is 2.30. The highest BCUT2D eigenvalue weighted by molar-refractivity contribution is 6.68. The van der Waals surface area contributed by atoms with Gasteiger partial charge in [0.15, 0.2) is 0 Å². The third kappa shape index (κ3) is 4.45. The molecule has 3 aromatic carbocycles. The lowest BCUT2D eigenvalue weighted by Crippen LogP contribution is -1.94. The molecular formula is C21H11Cl3O3. The number of halogens is 3. The van der Waals surface area contributed by atoms with Gasteiger partial charge in [-0.25, -0.2) is 0 Å². The Morgan fingerprint density at radius 1 is 0.444 bits per heavy atom. The second-order valence-electron chi connectivity index (χ2n) is 5.77. The van der Waals surface area contributed by atoms with Crippen molar-refractivity contribution in [2.24, 2.45) is 0 Å². The normalized spacial score (nSPS) is 10.5. The summed E-state index contributed by atoms with van der Waals surface area (Å²) in [7, 11) is 0. The summed E-state index contributed by atoms with van der Waals surface area (Å²) in [5.74, 6) is 0. The van der Waals surface area contributed by atoms with Gasteiger partial charge in [-0.1, -0.05) is 24.3 Å². The summed E-state index contributed by atoms with van der Waals surface area (Å²) in [5, 5.41) is -1.67. The molecule has 3 rings (SSSR count). The van der Waals surface area contributed by atoms with Gasteiger partial charge < -0.3 is 0 Å². The number of benzene rings is 3. The zero-order valence-electron chi connectivity index (χ0n) is 13.7. The Labute approximate surface area is 170 Å². The van der Waals surface area contributed by atoms with E-state index in [1.54, 1.807) is 60.7 Å². The molecule has 0 aliphatic rings. The van der Waals surface area contributed by atoms with Crippen LogP contribution < -0.4 is 0 Å². The van der Waals surface area contributed by atoms with Gasteiger partial charge in [-0.15, -0.1) is 0 Å². The molecule has 0 aliphatic heterocycles. The Morgan fingerprint density at radius 3 is 1.07 bits per heavy atom. The average Bonchev–Trinajstić information content (AvgIpc) is 2.67. The zero-order valence-corrected chi connectivity index (χ0v) is 16.0. The van der Waals surface area contributed by atoms with Crippen molar-refractivity contribution >= 4 is 50.5 Å². The molecule has 3 aromatic rings. The Morgan fingerprint density at radius 2 is 0.778 bits per heavy atom. The quantitative estimate of drug-likeness (QED) is 0.467. The van der Waals surface area contributed by atoms with E-state index in [0.29, 0.717) is 16.7 Å². The predicted molar refractivity (Wildman–Crippen MR) is 108 cm³/mol. The molecule has 0 amide bonds. The van der Waals surface area contributed by atoms with Gasteiger partial charge in [0.25, 0.3) is 15.7 Å². The summed E-state index contributed by atoms with van der Waals surface area (Å²) < 4.78 is 0. The van der Waals surface area contributed by atoms with Crippen molar-refractivity contribution in [3.63, 3.8) is 0 Å². The van der Waals surface area contributed by atoms with E-state index in [2.05, 4.69) is 0 Å². The second kappa shape index (κ2) is 8.05. The fraction of sp³-hybridized carbons (Fsp3) is 0. The van der Waals surface area contributed by atoms with Crippen LogP contribution in [-0.4, -0.2) is 15.7 Å². The molecule has 0 fully saturated rings. The summed E-state index contributed by atoms with van der Waals surface area (Å²) in [6.45, 7) is 0. The van der Waals surface area contributed by atoms with Gasteiger partial charge in [-0.2, -0.15) is 0 Å². The number of hydrogen-bond donors (Lipinski definition) is 0. The zero-order chi connectivity index (χ0) is 19.6. The molecule has 0 saturated carbocycles. The first-order chi connectivity index (χ1) is 12.8. The van der Waals surface area contributed by atoms with Crippen LogP contribution >= 0.6 is 34.8 Å². The second-order valence-corrected chi connectivity index (χ2v) is 6.80. The van der Waals surface area contributed by atoms with E-state index in [1.807, 2.05) is 6.07 Å². The van der Waals surface area contributed by atoms with E-state index < -0.39 is 15.7 Å². The molecule has 134 valence electrons. The molecule has 0 atom stereocenters. The molecule has 0 bridgehead atoms. The summed E-state index contributed by atoms with van der Waals surface area (Å²) in [6.07, 6.45) is 0. The fourth-order valence-corrected chi connectivity index (χ4v) is 3.02. The molecule has 0 unspecified atom stereocenters. The van der Waals surface area contributed by atoms with Crippen molar-refractivity contribution in [3.8, 4) is 22.3 Å². The lowest BCUT2D eigenvalue weighted by atomic mass is 9.95. The molecule has 0 heterocycles. The minimum atomic E-state index is -0.585. The maximum Gasteiger partial charge on any atom is 0.252 e. The van der Waals surface area contributed by atoms with E-state index in [9.17, 15) is 14.4 Å². The standard InChI is InChI=1S/C21H11Cl3O3/c22-19(25)14-5-1-12(2-6-14)16-9-17(11-18(10-16)21(24)27)13-3-7-15(8-4-13)20(23)26/h1-11H. The smallest absolute Gasteiger partial charge is 0.252 e. The van der Waals surface area contributed by atoms with E-state index in [0.717, 1.165) is 22.3 Å². The van der Waals surface area contributed by atoms with Crippen molar-refractivity contribution in [1.29, 1.82) is 0 Å². The Kier molecular flexibility index (Phi) is 5.76. The van der Waals surface area contributed by atoms with Crippen LogP contribution in [0.5, 0.6) is 0 Å². The maximum atomic E-state index is 11.7. The topological polar surface area (TPSA) is 51.2 Å². The maximum absolute atomic E-state index is 11.7. The minimum Gasteiger partial charge on any atom is -0.276 e. The molecule has 0 spiro atoms.